The zero-order valence-corrected chi connectivity index (χ0v) is 13.2. The first-order chi connectivity index (χ1) is 9.88. The molecule has 0 unspecified atom stereocenters. The Morgan fingerprint density at radius 3 is 2.52 bits per heavy atom. The predicted molar refractivity (Wildman–Crippen MR) is 85.9 cm³/mol. The van der Waals surface area contributed by atoms with Crippen molar-refractivity contribution >= 4 is 11.0 Å². The highest BCUT2D eigenvalue weighted by Gasteiger charge is 2.24. The van der Waals surface area contributed by atoms with Gasteiger partial charge in [0, 0.05) is 16.8 Å². The van der Waals surface area contributed by atoms with Crippen LogP contribution in [0.5, 0.6) is 0 Å². The number of benzene rings is 1. The van der Waals surface area contributed by atoms with Crippen molar-refractivity contribution < 1.29 is 0 Å². The second-order valence-corrected chi connectivity index (χ2v) is 6.50. The Morgan fingerprint density at radius 2 is 1.90 bits per heavy atom. The molecule has 2 aromatic heterocycles. The third-order valence-electron chi connectivity index (χ3n) is 3.57. The third-order valence-corrected chi connectivity index (χ3v) is 3.57. The molecule has 21 heavy (non-hydrogen) atoms. The van der Waals surface area contributed by atoms with E-state index in [0.717, 1.165) is 33.9 Å². The second kappa shape index (κ2) is 4.69. The van der Waals surface area contributed by atoms with Crippen molar-refractivity contribution in [3.8, 4) is 5.69 Å². The molecule has 0 N–H and O–H groups in total. The Hall–Kier alpha value is -2.16. The molecule has 0 atom stereocenters. The smallest absolute Gasteiger partial charge is 0.119 e. The van der Waals surface area contributed by atoms with Gasteiger partial charge in [-0.25, -0.2) is 4.98 Å². The SMILES string of the molecule is Cc1cc2c(nc(C(C)(C)C)n2-c2c[c]ccc2)c(C)n1. The lowest BCUT2D eigenvalue weighted by atomic mass is 9.95. The van der Waals surface area contributed by atoms with Crippen LogP contribution in [-0.4, -0.2) is 14.5 Å². The van der Waals surface area contributed by atoms with E-state index in [2.05, 4.69) is 48.5 Å². The Labute approximate surface area is 125 Å². The van der Waals surface area contributed by atoms with Crippen molar-refractivity contribution in [3.63, 3.8) is 0 Å². The van der Waals surface area contributed by atoms with Gasteiger partial charge in [0.15, 0.2) is 0 Å². The summed E-state index contributed by atoms with van der Waals surface area (Å²) in [7, 11) is 0. The summed E-state index contributed by atoms with van der Waals surface area (Å²) in [6.07, 6.45) is 0. The van der Waals surface area contributed by atoms with Crippen LogP contribution in [0, 0.1) is 19.9 Å². The van der Waals surface area contributed by atoms with E-state index in [9.17, 15) is 0 Å². The number of rotatable bonds is 1. The highest BCUT2D eigenvalue weighted by Crippen LogP contribution is 2.30. The third kappa shape index (κ3) is 2.33. The van der Waals surface area contributed by atoms with Gasteiger partial charge < -0.3 is 0 Å². The molecule has 3 heteroatoms. The lowest BCUT2D eigenvalue weighted by Crippen LogP contribution is -2.18. The van der Waals surface area contributed by atoms with Crippen LogP contribution in [0.4, 0.5) is 0 Å². The minimum atomic E-state index is -0.0464. The highest BCUT2D eigenvalue weighted by atomic mass is 15.1. The monoisotopic (exact) mass is 278 g/mol. The summed E-state index contributed by atoms with van der Waals surface area (Å²) < 4.78 is 2.23. The number of hydrogen-bond acceptors (Lipinski definition) is 2. The summed E-state index contributed by atoms with van der Waals surface area (Å²) in [5, 5.41) is 0. The molecule has 3 nitrogen and oxygen atoms in total. The normalized spacial score (nSPS) is 12.0. The molecule has 0 aliphatic rings. The topological polar surface area (TPSA) is 30.7 Å². The minimum absolute atomic E-state index is 0.0464. The van der Waals surface area contributed by atoms with Gasteiger partial charge in [-0.05, 0) is 38.1 Å². The molecule has 3 aromatic rings. The molecule has 0 saturated heterocycles. The van der Waals surface area contributed by atoms with E-state index in [0.29, 0.717) is 0 Å². The highest BCUT2D eigenvalue weighted by molar-refractivity contribution is 5.81. The zero-order chi connectivity index (χ0) is 15.2. The second-order valence-electron chi connectivity index (χ2n) is 6.50. The molecule has 0 aliphatic heterocycles. The number of imidazole rings is 1. The van der Waals surface area contributed by atoms with Crippen molar-refractivity contribution in [2.45, 2.75) is 40.0 Å². The molecule has 0 fully saturated rings. The van der Waals surface area contributed by atoms with Crippen molar-refractivity contribution in [2.75, 3.05) is 0 Å². The van der Waals surface area contributed by atoms with E-state index in [4.69, 9.17) is 4.98 Å². The fourth-order valence-corrected chi connectivity index (χ4v) is 2.67. The molecule has 1 radical (unpaired) electrons. The Kier molecular flexibility index (Phi) is 3.08. The Morgan fingerprint density at radius 1 is 1.14 bits per heavy atom. The summed E-state index contributed by atoms with van der Waals surface area (Å²) in [6.45, 7) is 10.6. The average molecular weight is 278 g/mol. The largest absolute Gasteiger partial charge is 0.296 e. The average Bonchev–Trinajstić information content (AvgIpc) is 2.79. The van der Waals surface area contributed by atoms with E-state index in [1.807, 2.05) is 32.0 Å². The molecule has 3 rings (SSSR count). The van der Waals surface area contributed by atoms with Crippen LogP contribution >= 0.6 is 0 Å². The van der Waals surface area contributed by atoms with Gasteiger partial charge in [-0.15, -0.1) is 0 Å². The molecule has 1 aromatic carbocycles. The number of hydrogen-bond donors (Lipinski definition) is 0. The maximum atomic E-state index is 4.89. The Bertz CT molecular complexity index is 793. The first kappa shape index (κ1) is 13.8. The number of fused-ring (bicyclic) bond motifs is 1. The van der Waals surface area contributed by atoms with Gasteiger partial charge >= 0.3 is 0 Å². The molecule has 0 spiro atoms. The van der Waals surface area contributed by atoms with Gasteiger partial charge in [-0.1, -0.05) is 32.9 Å². The van der Waals surface area contributed by atoms with Gasteiger partial charge in [-0.3, -0.25) is 9.55 Å². The number of pyridine rings is 1. The molecule has 0 aliphatic carbocycles. The molecule has 2 heterocycles. The molecular formula is C18H20N3. The van der Waals surface area contributed by atoms with E-state index in [-0.39, 0.29) is 5.41 Å². The van der Waals surface area contributed by atoms with Gasteiger partial charge in [0.2, 0.25) is 0 Å². The van der Waals surface area contributed by atoms with Crippen LogP contribution < -0.4 is 0 Å². The van der Waals surface area contributed by atoms with Crippen LogP contribution in [0.1, 0.15) is 38.0 Å². The van der Waals surface area contributed by atoms with Crippen LogP contribution in [0.3, 0.4) is 0 Å². The summed E-state index contributed by atoms with van der Waals surface area (Å²) in [5.41, 5.74) is 5.14. The van der Waals surface area contributed by atoms with E-state index < -0.39 is 0 Å². The summed E-state index contributed by atoms with van der Waals surface area (Å²) in [5.74, 6) is 1.05. The van der Waals surface area contributed by atoms with Gasteiger partial charge in [0.25, 0.3) is 0 Å². The van der Waals surface area contributed by atoms with Crippen molar-refractivity contribution in [3.05, 3.63) is 53.6 Å². The van der Waals surface area contributed by atoms with Crippen LogP contribution in [0.15, 0.2) is 30.3 Å². The zero-order valence-electron chi connectivity index (χ0n) is 13.2. The van der Waals surface area contributed by atoms with Crippen molar-refractivity contribution in [2.24, 2.45) is 0 Å². The number of aryl methyl sites for hydroxylation is 2. The van der Waals surface area contributed by atoms with Gasteiger partial charge in [-0.2, -0.15) is 0 Å². The lowest BCUT2D eigenvalue weighted by molar-refractivity contribution is 0.539. The Balaban J connectivity index is 2.44. The van der Waals surface area contributed by atoms with Crippen LogP contribution in [-0.2, 0) is 5.41 Å². The first-order valence-electron chi connectivity index (χ1n) is 7.21. The quantitative estimate of drug-likeness (QED) is 0.670. The number of nitrogens with zero attached hydrogens (tertiary/aromatic N) is 3. The van der Waals surface area contributed by atoms with Crippen molar-refractivity contribution in [1.29, 1.82) is 0 Å². The minimum Gasteiger partial charge on any atom is -0.296 e. The molecule has 0 bridgehead atoms. The molecule has 0 amide bonds. The van der Waals surface area contributed by atoms with Gasteiger partial charge in [0.1, 0.15) is 11.3 Å². The van der Waals surface area contributed by atoms with Gasteiger partial charge in [0.05, 0.1) is 11.2 Å². The summed E-state index contributed by atoms with van der Waals surface area (Å²) >= 11 is 0. The summed E-state index contributed by atoms with van der Waals surface area (Å²) in [6, 6.07) is 13.3. The number of aromatic nitrogens is 3. The first-order valence-corrected chi connectivity index (χ1v) is 7.21. The molecule has 107 valence electrons. The summed E-state index contributed by atoms with van der Waals surface area (Å²) in [4.78, 5) is 9.44. The fraction of sp³-hybridized carbons (Fsp3) is 0.333. The maximum Gasteiger partial charge on any atom is 0.119 e. The van der Waals surface area contributed by atoms with E-state index in [1.54, 1.807) is 0 Å². The lowest BCUT2D eigenvalue weighted by Gasteiger charge is -2.20. The maximum absolute atomic E-state index is 4.89. The van der Waals surface area contributed by atoms with E-state index in [1.165, 1.54) is 0 Å². The van der Waals surface area contributed by atoms with E-state index >= 15 is 0 Å². The molecular weight excluding hydrogens is 258 g/mol. The molecule has 0 saturated carbocycles. The predicted octanol–water partition coefficient (Wildman–Crippen LogP) is 4.14. The standard InChI is InChI=1S/C18H20N3/c1-12-11-15-16(13(2)19-12)20-17(18(3,4)5)21(15)14-9-7-6-8-10-14/h6-7,9-11H,1-5H3. The van der Waals surface area contributed by atoms with Crippen LogP contribution in [0.2, 0.25) is 0 Å². The van der Waals surface area contributed by atoms with Crippen LogP contribution in [0.25, 0.3) is 16.7 Å². The fourth-order valence-electron chi connectivity index (χ4n) is 2.67. The van der Waals surface area contributed by atoms with Crippen molar-refractivity contribution in [1.82, 2.24) is 14.5 Å².